The average Bonchev–Trinajstić information content (AvgIpc) is 2.55. The highest BCUT2D eigenvalue weighted by molar-refractivity contribution is 8.13. The molecule has 1 aliphatic rings. The van der Waals surface area contributed by atoms with Crippen LogP contribution in [0.4, 0.5) is 0 Å². The molecule has 23 heavy (non-hydrogen) atoms. The molecule has 0 saturated heterocycles. The van der Waals surface area contributed by atoms with Gasteiger partial charge in [-0.25, -0.2) is 0 Å². The standard InChI is InChI=1S/C18H16O4S/c1-21-15-8-4-5-9-16(15)23-18(20)11-12-10-17(19)22-14-7-3-2-6-13(12)14/h2-9,12H,10-11H2,1H3. The number of methoxy groups -OCH3 is 1. The van der Waals surface area contributed by atoms with Crippen LogP contribution >= 0.6 is 11.8 Å². The Bertz CT molecular complexity index is 741. The number of carbonyl (C=O) groups is 2. The van der Waals surface area contributed by atoms with Crippen molar-refractivity contribution in [2.75, 3.05) is 7.11 Å². The van der Waals surface area contributed by atoms with Gasteiger partial charge >= 0.3 is 5.97 Å². The Morgan fingerprint density at radius 2 is 1.96 bits per heavy atom. The molecule has 0 spiro atoms. The van der Waals surface area contributed by atoms with Crippen LogP contribution in [0.15, 0.2) is 53.4 Å². The molecule has 0 aromatic heterocycles. The monoisotopic (exact) mass is 328 g/mol. The molecule has 0 radical (unpaired) electrons. The van der Waals surface area contributed by atoms with Gasteiger partial charge in [0.25, 0.3) is 0 Å². The van der Waals surface area contributed by atoms with Crippen LogP contribution in [0.3, 0.4) is 0 Å². The van der Waals surface area contributed by atoms with Crippen molar-refractivity contribution in [2.45, 2.75) is 23.7 Å². The summed E-state index contributed by atoms with van der Waals surface area (Å²) in [4.78, 5) is 24.9. The number of hydrogen-bond acceptors (Lipinski definition) is 5. The first-order valence-corrected chi connectivity index (χ1v) is 8.12. The fourth-order valence-electron chi connectivity index (χ4n) is 2.64. The van der Waals surface area contributed by atoms with Gasteiger partial charge in [-0.15, -0.1) is 0 Å². The van der Waals surface area contributed by atoms with Crippen LogP contribution in [0.2, 0.25) is 0 Å². The number of fused-ring (bicyclic) bond motifs is 1. The molecule has 0 aliphatic carbocycles. The molecule has 4 nitrogen and oxygen atoms in total. The van der Waals surface area contributed by atoms with Crippen molar-refractivity contribution in [2.24, 2.45) is 0 Å². The summed E-state index contributed by atoms with van der Waals surface area (Å²) in [5.74, 6) is 0.809. The lowest BCUT2D eigenvalue weighted by Gasteiger charge is -2.23. The van der Waals surface area contributed by atoms with E-state index in [9.17, 15) is 9.59 Å². The fraction of sp³-hybridized carbons (Fsp3) is 0.222. The third kappa shape index (κ3) is 3.56. The van der Waals surface area contributed by atoms with Gasteiger partial charge in [-0.1, -0.05) is 30.3 Å². The second-order valence-electron chi connectivity index (χ2n) is 5.24. The number of thioether (sulfide) groups is 1. The van der Waals surface area contributed by atoms with Crippen molar-refractivity contribution in [1.82, 2.24) is 0 Å². The van der Waals surface area contributed by atoms with Crippen LogP contribution < -0.4 is 9.47 Å². The molecule has 1 heterocycles. The van der Waals surface area contributed by atoms with E-state index in [0.29, 0.717) is 11.5 Å². The van der Waals surface area contributed by atoms with Gasteiger partial charge in [-0.05, 0) is 35.5 Å². The Hall–Kier alpha value is -2.27. The van der Waals surface area contributed by atoms with Crippen molar-refractivity contribution >= 4 is 22.8 Å². The molecule has 118 valence electrons. The van der Waals surface area contributed by atoms with Gasteiger partial charge in [-0.2, -0.15) is 0 Å². The Morgan fingerprint density at radius 1 is 1.22 bits per heavy atom. The van der Waals surface area contributed by atoms with Gasteiger partial charge in [-0.3, -0.25) is 9.59 Å². The molecule has 0 N–H and O–H groups in total. The Balaban J connectivity index is 1.74. The van der Waals surface area contributed by atoms with E-state index in [2.05, 4.69) is 0 Å². The maximum absolute atomic E-state index is 12.4. The minimum absolute atomic E-state index is 0.00371. The number of carbonyl (C=O) groups excluding carboxylic acids is 2. The molecule has 3 rings (SSSR count). The molecule has 1 atom stereocenters. The zero-order valence-corrected chi connectivity index (χ0v) is 13.5. The van der Waals surface area contributed by atoms with E-state index in [0.717, 1.165) is 22.2 Å². The number of ether oxygens (including phenoxy) is 2. The fourth-order valence-corrected chi connectivity index (χ4v) is 3.57. The summed E-state index contributed by atoms with van der Waals surface area (Å²) < 4.78 is 10.5. The van der Waals surface area contributed by atoms with Crippen LogP contribution in [0, 0.1) is 0 Å². The molecular formula is C18H16O4S. The number of benzene rings is 2. The van der Waals surface area contributed by atoms with E-state index in [1.54, 1.807) is 13.2 Å². The van der Waals surface area contributed by atoms with Crippen LogP contribution in [-0.2, 0) is 9.59 Å². The maximum atomic E-state index is 12.4. The minimum Gasteiger partial charge on any atom is -0.496 e. The quantitative estimate of drug-likeness (QED) is 0.485. The molecule has 0 fully saturated rings. The first-order chi connectivity index (χ1) is 11.2. The summed E-state index contributed by atoms with van der Waals surface area (Å²) in [6, 6.07) is 14.8. The highest BCUT2D eigenvalue weighted by Crippen LogP contribution is 2.38. The summed E-state index contributed by atoms with van der Waals surface area (Å²) in [6.07, 6.45) is 0.518. The summed E-state index contributed by atoms with van der Waals surface area (Å²) >= 11 is 1.15. The zero-order valence-electron chi connectivity index (χ0n) is 12.7. The van der Waals surface area contributed by atoms with Gasteiger partial charge < -0.3 is 9.47 Å². The summed E-state index contributed by atoms with van der Waals surface area (Å²) in [7, 11) is 1.58. The van der Waals surface area contributed by atoms with Crippen molar-refractivity contribution in [3.8, 4) is 11.5 Å². The first kappa shape index (κ1) is 15.6. The molecule has 0 saturated carbocycles. The van der Waals surface area contributed by atoms with Gasteiger partial charge in [0.1, 0.15) is 11.5 Å². The number of esters is 1. The van der Waals surface area contributed by atoms with E-state index in [-0.39, 0.29) is 29.8 Å². The van der Waals surface area contributed by atoms with E-state index >= 15 is 0 Å². The van der Waals surface area contributed by atoms with Gasteiger partial charge in [0.05, 0.1) is 18.4 Å². The van der Waals surface area contributed by atoms with Gasteiger partial charge in [0, 0.05) is 12.3 Å². The van der Waals surface area contributed by atoms with E-state index < -0.39 is 0 Å². The van der Waals surface area contributed by atoms with E-state index in [1.807, 2.05) is 42.5 Å². The van der Waals surface area contributed by atoms with Crippen LogP contribution in [0.5, 0.6) is 11.5 Å². The molecule has 2 aromatic carbocycles. The zero-order chi connectivity index (χ0) is 16.2. The first-order valence-electron chi connectivity index (χ1n) is 7.30. The number of para-hydroxylation sites is 2. The minimum atomic E-state index is -0.288. The lowest BCUT2D eigenvalue weighted by atomic mass is 9.90. The third-order valence-corrected chi connectivity index (χ3v) is 4.65. The summed E-state index contributed by atoms with van der Waals surface area (Å²) in [5.41, 5.74) is 0.918. The Kier molecular flexibility index (Phi) is 4.67. The molecule has 1 unspecified atom stereocenters. The van der Waals surface area contributed by atoms with Gasteiger partial charge in [0.15, 0.2) is 5.12 Å². The van der Waals surface area contributed by atoms with Gasteiger partial charge in [0.2, 0.25) is 0 Å². The second-order valence-corrected chi connectivity index (χ2v) is 6.34. The van der Waals surface area contributed by atoms with Crippen molar-refractivity contribution in [3.05, 3.63) is 54.1 Å². The SMILES string of the molecule is COc1ccccc1SC(=O)CC1CC(=O)Oc2ccccc21. The normalized spacial score (nSPS) is 16.4. The highest BCUT2D eigenvalue weighted by Gasteiger charge is 2.28. The van der Waals surface area contributed by atoms with E-state index in [4.69, 9.17) is 9.47 Å². The smallest absolute Gasteiger partial charge is 0.311 e. The number of rotatable bonds is 4. The predicted molar refractivity (Wildman–Crippen MR) is 87.9 cm³/mol. The Morgan fingerprint density at radius 3 is 2.78 bits per heavy atom. The van der Waals surface area contributed by atoms with Crippen molar-refractivity contribution in [1.29, 1.82) is 0 Å². The third-order valence-electron chi connectivity index (χ3n) is 3.70. The van der Waals surface area contributed by atoms with Crippen molar-refractivity contribution < 1.29 is 19.1 Å². The van der Waals surface area contributed by atoms with Crippen LogP contribution in [0.25, 0.3) is 0 Å². The molecule has 1 aliphatic heterocycles. The predicted octanol–water partition coefficient (Wildman–Crippen LogP) is 3.80. The number of hydrogen-bond donors (Lipinski definition) is 0. The molecule has 2 aromatic rings. The Labute approximate surface area is 138 Å². The largest absolute Gasteiger partial charge is 0.496 e. The lowest BCUT2D eigenvalue weighted by Crippen LogP contribution is -2.21. The molecule has 5 heteroatoms. The maximum Gasteiger partial charge on any atom is 0.311 e. The highest BCUT2D eigenvalue weighted by atomic mass is 32.2. The molecular weight excluding hydrogens is 312 g/mol. The summed E-state index contributed by atoms with van der Waals surface area (Å²) in [6.45, 7) is 0. The molecule has 0 bridgehead atoms. The topological polar surface area (TPSA) is 52.6 Å². The lowest BCUT2D eigenvalue weighted by molar-refractivity contribution is -0.136. The second kappa shape index (κ2) is 6.87. The van der Waals surface area contributed by atoms with E-state index in [1.165, 1.54) is 0 Å². The average molecular weight is 328 g/mol. The van der Waals surface area contributed by atoms with Crippen molar-refractivity contribution in [3.63, 3.8) is 0 Å². The van der Waals surface area contributed by atoms with Crippen LogP contribution in [0.1, 0.15) is 24.3 Å². The summed E-state index contributed by atoms with van der Waals surface area (Å²) in [5, 5.41) is 0.00371. The van der Waals surface area contributed by atoms with Crippen LogP contribution in [-0.4, -0.2) is 18.2 Å². The molecule has 0 amide bonds.